The van der Waals surface area contributed by atoms with Crippen molar-refractivity contribution in [3.05, 3.63) is 0 Å². The molecule has 0 heterocycles. The summed E-state index contributed by atoms with van der Waals surface area (Å²) in [6, 6.07) is 0. The highest BCUT2D eigenvalue weighted by Gasteiger charge is 2.28. The van der Waals surface area contributed by atoms with E-state index in [1.807, 2.05) is 0 Å². The van der Waals surface area contributed by atoms with Crippen molar-refractivity contribution in [2.24, 2.45) is 0 Å². The van der Waals surface area contributed by atoms with Crippen molar-refractivity contribution in [3.8, 4) is 0 Å². The molecule has 0 aliphatic rings. The Hall–Kier alpha value is -0.0900. The van der Waals surface area contributed by atoms with E-state index in [1.54, 1.807) is 0 Å². The molecule has 4 heteroatoms. The van der Waals surface area contributed by atoms with Crippen LogP contribution in [0.4, 0.5) is 0 Å². The molecule has 0 spiro atoms. The molecule has 0 saturated heterocycles. The maximum atomic E-state index is 10.8. The first-order chi connectivity index (χ1) is 3.81. The molecule has 0 aliphatic heterocycles. The molecule has 0 aromatic heterocycles. The fourth-order valence-electron chi connectivity index (χ4n) is 0.353. The second-order valence-corrected chi connectivity index (χ2v) is 5.16. The highest BCUT2D eigenvalue weighted by molar-refractivity contribution is 7.92. The summed E-state index contributed by atoms with van der Waals surface area (Å²) in [6.45, 7) is 4.05. The van der Waals surface area contributed by atoms with Gasteiger partial charge in [0.25, 0.3) is 0 Å². The van der Waals surface area contributed by atoms with Gasteiger partial charge in [0.2, 0.25) is 0 Å². The van der Waals surface area contributed by atoms with Crippen molar-refractivity contribution < 1.29 is 13.5 Å². The predicted octanol–water partition coefficient (Wildman–Crippen LogP) is 0.150. The van der Waals surface area contributed by atoms with E-state index in [4.69, 9.17) is 5.11 Å². The van der Waals surface area contributed by atoms with Crippen LogP contribution in [0, 0.1) is 0 Å². The molecule has 0 aromatic rings. The van der Waals surface area contributed by atoms with Gasteiger partial charge >= 0.3 is 0 Å². The van der Waals surface area contributed by atoms with E-state index < -0.39 is 14.8 Å². The highest BCUT2D eigenvalue weighted by Crippen LogP contribution is 2.11. The zero-order valence-corrected chi connectivity index (χ0v) is 6.70. The van der Waals surface area contributed by atoms with Crippen LogP contribution in [-0.2, 0) is 9.84 Å². The van der Waals surface area contributed by atoms with E-state index in [-0.39, 0.29) is 5.75 Å². The van der Waals surface area contributed by atoms with Crippen LogP contribution in [0.15, 0.2) is 0 Å². The van der Waals surface area contributed by atoms with Crippen molar-refractivity contribution >= 4 is 9.84 Å². The fraction of sp³-hybridized carbons (Fsp3) is 1.00. The molecule has 0 unspecified atom stereocenters. The molecule has 0 fully saturated rings. The van der Waals surface area contributed by atoms with Gasteiger partial charge in [-0.2, -0.15) is 0 Å². The second-order valence-electron chi connectivity index (χ2n) is 2.35. The molecule has 0 bridgehead atoms. The van der Waals surface area contributed by atoms with E-state index in [2.05, 4.69) is 0 Å². The summed E-state index contributed by atoms with van der Waals surface area (Å²) in [5, 5.41) is 8.96. The Balaban J connectivity index is 4.57. The standard InChI is InChI=1S/C5H12O3S/c1-4-9(7,8)5(2,3)6/h6H,4H2,1-3H3. The summed E-state index contributed by atoms with van der Waals surface area (Å²) in [5.74, 6) is -0.0174. The molecule has 0 rings (SSSR count). The third-order valence-corrected chi connectivity index (χ3v) is 3.42. The Bertz CT molecular complexity index is 173. The third-order valence-electron chi connectivity index (χ3n) is 1.14. The second kappa shape index (κ2) is 2.27. The van der Waals surface area contributed by atoms with Crippen LogP contribution in [0.1, 0.15) is 20.8 Å². The van der Waals surface area contributed by atoms with Gasteiger partial charge in [0.05, 0.1) is 5.75 Å². The predicted molar refractivity (Wildman–Crippen MR) is 35.8 cm³/mol. The molecule has 0 atom stereocenters. The Kier molecular flexibility index (Phi) is 2.24. The van der Waals surface area contributed by atoms with Crippen LogP contribution in [0.25, 0.3) is 0 Å². The van der Waals surface area contributed by atoms with E-state index in [0.717, 1.165) is 0 Å². The smallest absolute Gasteiger partial charge is 0.178 e. The van der Waals surface area contributed by atoms with Gasteiger partial charge in [-0.05, 0) is 13.8 Å². The lowest BCUT2D eigenvalue weighted by molar-refractivity contribution is 0.165. The van der Waals surface area contributed by atoms with E-state index in [0.29, 0.717) is 0 Å². The molecule has 56 valence electrons. The summed E-state index contributed by atoms with van der Waals surface area (Å²) in [4.78, 5) is -1.58. The molecular weight excluding hydrogens is 140 g/mol. The van der Waals surface area contributed by atoms with Gasteiger partial charge in [0.1, 0.15) is 0 Å². The normalized spacial score (nSPS) is 13.8. The van der Waals surface area contributed by atoms with Crippen LogP contribution in [-0.4, -0.2) is 24.2 Å². The lowest BCUT2D eigenvalue weighted by Gasteiger charge is -2.15. The molecule has 0 radical (unpaired) electrons. The van der Waals surface area contributed by atoms with Crippen LogP contribution in [0.5, 0.6) is 0 Å². The molecule has 0 aliphatic carbocycles. The zero-order valence-electron chi connectivity index (χ0n) is 5.88. The first kappa shape index (κ1) is 8.91. The first-order valence-electron chi connectivity index (χ1n) is 2.76. The van der Waals surface area contributed by atoms with Gasteiger partial charge in [-0.15, -0.1) is 0 Å². The Morgan fingerprint density at radius 3 is 1.78 bits per heavy atom. The Morgan fingerprint density at radius 2 is 1.78 bits per heavy atom. The summed E-state index contributed by atoms with van der Waals surface area (Å²) >= 11 is 0. The van der Waals surface area contributed by atoms with Gasteiger partial charge in [-0.25, -0.2) is 8.42 Å². The van der Waals surface area contributed by atoms with Gasteiger partial charge in [-0.3, -0.25) is 0 Å². The molecule has 0 aromatic carbocycles. The summed E-state index contributed by atoms with van der Waals surface area (Å²) in [7, 11) is -3.28. The van der Waals surface area contributed by atoms with Gasteiger partial charge in [0.15, 0.2) is 14.8 Å². The van der Waals surface area contributed by atoms with Crippen molar-refractivity contribution in [1.29, 1.82) is 0 Å². The molecule has 1 N–H and O–H groups in total. The maximum absolute atomic E-state index is 10.8. The van der Waals surface area contributed by atoms with Crippen LogP contribution >= 0.6 is 0 Å². The fourth-order valence-corrected chi connectivity index (χ4v) is 1.06. The van der Waals surface area contributed by atoms with E-state index in [9.17, 15) is 8.42 Å². The molecular formula is C5H12O3S. The van der Waals surface area contributed by atoms with Crippen molar-refractivity contribution in [2.75, 3.05) is 5.75 Å². The van der Waals surface area contributed by atoms with Gasteiger partial charge < -0.3 is 5.11 Å². The van der Waals surface area contributed by atoms with E-state index >= 15 is 0 Å². The Morgan fingerprint density at radius 1 is 1.44 bits per heavy atom. The Labute approximate surface area is 55.6 Å². The summed E-state index contributed by atoms with van der Waals surface area (Å²) in [5.41, 5.74) is 0. The SMILES string of the molecule is CCS(=O)(=O)C(C)(C)O. The number of aliphatic hydroxyl groups is 1. The average molecular weight is 152 g/mol. The quantitative estimate of drug-likeness (QED) is 0.612. The van der Waals surface area contributed by atoms with E-state index in [1.165, 1.54) is 20.8 Å². The molecule has 0 saturated carbocycles. The maximum Gasteiger partial charge on any atom is 0.178 e. The number of hydrogen-bond acceptors (Lipinski definition) is 3. The number of hydrogen-bond donors (Lipinski definition) is 1. The topological polar surface area (TPSA) is 54.4 Å². The average Bonchev–Trinajstić information content (AvgIpc) is 1.64. The minimum Gasteiger partial charge on any atom is -0.375 e. The molecule has 3 nitrogen and oxygen atoms in total. The van der Waals surface area contributed by atoms with Crippen LogP contribution in [0.2, 0.25) is 0 Å². The monoisotopic (exact) mass is 152 g/mol. The van der Waals surface area contributed by atoms with Crippen molar-refractivity contribution in [3.63, 3.8) is 0 Å². The lowest BCUT2D eigenvalue weighted by atomic mass is 10.5. The van der Waals surface area contributed by atoms with Gasteiger partial charge in [-0.1, -0.05) is 6.92 Å². The zero-order chi connectivity index (χ0) is 7.71. The van der Waals surface area contributed by atoms with Crippen molar-refractivity contribution in [2.45, 2.75) is 25.7 Å². The largest absolute Gasteiger partial charge is 0.375 e. The molecule has 9 heavy (non-hydrogen) atoms. The van der Waals surface area contributed by atoms with Crippen LogP contribution in [0.3, 0.4) is 0 Å². The third kappa shape index (κ3) is 1.95. The number of sulfone groups is 1. The highest BCUT2D eigenvalue weighted by atomic mass is 32.2. The first-order valence-corrected chi connectivity index (χ1v) is 4.41. The summed E-state index contributed by atoms with van der Waals surface area (Å²) < 4.78 is 21.5. The molecule has 0 amide bonds. The minimum absolute atomic E-state index is 0.0174. The number of rotatable bonds is 2. The minimum atomic E-state index is -3.28. The lowest BCUT2D eigenvalue weighted by Crippen LogP contribution is -2.32. The van der Waals surface area contributed by atoms with Crippen LogP contribution < -0.4 is 0 Å². The summed E-state index contributed by atoms with van der Waals surface area (Å²) in [6.07, 6.45) is 0. The van der Waals surface area contributed by atoms with Gasteiger partial charge in [0, 0.05) is 0 Å². The van der Waals surface area contributed by atoms with Crippen molar-refractivity contribution in [1.82, 2.24) is 0 Å².